The van der Waals surface area contributed by atoms with Crippen molar-refractivity contribution in [3.8, 4) is 5.75 Å². The summed E-state index contributed by atoms with van der Waals surface area (Å²) in [6.07, 6.45) is 2.98. The van der Waals surface area contributed by atoms with Crippen LogP contribution in [-0.2, 0) is 4.79 Å². The average Bonchev–Trinajstić information content (AvgIpc) is 2.60. The lowest BCUT2D eigenvalue weighted by molar-refractivity contribution is -0.132. The highest BCUT2D eigenvalue weighted by atomic mass is 16.5. The highest BCUT2D eigenvalue weighted by Gasteiger charge is 2.22. The van der Waals surface area contributed by atoms with E-state index in [1.54, 1.807) is 6.07 Å². The Morgan fingerprint density at radius 1 is 1.57 bits per heavy atom. The number of hydrogen-bond acceptors (Lipinski definition) is 3. The third kappa shape index (κ3) is 1.19. The second-order valence-electron chi connectivity index (χ2n) is 2.70. The monoisotopic (exact) mass is 191 g/mol. The van der Waals surface area contributed by atoms with Gasteiger partial charge < -0.3 is 9.84 Å². The Morgan fingerprint density at radius 3 is 3.00 bits per heavy atom. The number of aliphatic carboxylic acids is 1. The molecule has 0 unspecified atom stereocenters. The summed E-state index contributed by atoms with van der Waals surface area (Å²) in [6, 6.07) is 1.66. The van der Waals surface area contributed by atoms with E-state index >= 15 is 0 Å². The summed E-state index contributed by atoms with van der Waals surface area (Å²) in [6.45, 7) is 0. The molecule has 1 aliphatic heterocycles. The third-order valence-corrected chi connectivity index (χ3v) is 1.88. The lowest BCUT2D eigenvalue weighted by atomic mass is 10.2. The molecular weight excluding hydrogens is 184 g/mol. The van der Waals surface area contributed by atoms with Gasteiger partial charge in [-0.3, -0.25) is 0 Å². The average molecular weight is 191 g/mol. The fourth-order valence-electron chi connectivity index (χ4n) is 1.24. The third-order valence-electron chi connectivity index (χ3n) is 1.88. The van der Waals surface area contributed by atoms with E-state index in [0.717, 1.165) is 0 Å². The molecular formula is C9H7N2O3. The number of ether oxygens (including phenoxy) is 1. The van der Waals surface area contributed by atoms with Crippen LogP contribution in [0.3, 0.4) is 0 Å². The maximum absolute atomic E-state index is 10.6. The highest BCUT2D eigenvalue weighted by molar-refractivity contribution is 5.96. The van der Waals surface area contributed by atoms with Crippen LogP contribution < -0.4 is 10.1 Å². The minimum atomic E-state index is -1.06. The maximum Gasteiger partial charge on any atom is 0.354 e. The van der Waals surface area contributed by atoms with E-state index in [9.17, 15) is 4.79 Å². The Bertz CT molecular complexity index is 426. The van der Waals surface area contributed by atoms with Crippen molar-refractivity contribution in [3.05, 3.63) is 23.5 Å². The van der Waals surface area contributed by atoms with Gasteiger partial charge in [0.2, 0.25) is 0 Å². The molecule has 71 valence electrons. The second kappa shape index (κ2) is 3.02. The van der Waals surface area contributed by atoms with Crippen LogP contribution in [0.4, 0.5) is 5.82 Å². The molecule has 1 radical (unpaired) electrons. The second-order valence-corrected chi connectivity index (χ2v) is 2.70. The molecule has 0 bridgehead atoms. The lowest BCUT2D eigenvalue weighted by Crippen LogP contribution is -2.05. The summed E-state index contributed by atoms with van der Waals surface area (Å²) in [5, 5.41) is 12.5. The minimum absolute atomic E-state index is 0.0167. The molecule has 0 aromatic carbocycles. The van der Waals surface area contributed by atoms with E-state index in [0.29, 0.717) is 17.1 Å². The van der Waals surface area contributed by atoms with Crippen molar-refractivity contribution in [1.82, 2.24) is 10.3 Å². The van der Waals surface area contributed by atoms with Crippen molar-refractivity contribution in [2.75, 3.05) is 7.11 Å². The van der Waals surface area contributed by atoms with Crippen molar-refractivity contribution < 1.29 is 14.6 Å². The molecule has 1 N–H and O–H groups in total. The molecule has 2 heterocycles. The number of carbonyl (C=O) groups is 1. The zero-order chi connectivity index (χ0) is 10.1. The number of rotatable bonds is 2. The summed E-state index contributed by atoms with van der Waals surface area (Å²) in [7, 11) is 1.52. The number of nitrogens with zero attached hydrogens (tertiary/aromatic N) is 2. The van der Waals surface area contributed by atoms with Crippen molar-refractivity contribution in [2.45, 2.75) is 0 Å². The first kappa shape index (κ1) is 8.55. The van der Waals surface area contributed by atoms with Gasteiger partial charge in [0.25, 0.3) is 0 Å². The van der Waals surface area contributed by atoms with Gasteiger partial charge in [-0.15, -0.1) is 0 Å². The van der Waals surface area contributed by atoms with Gasteiger partial charge in [-0.05, 0) is 12.1 Å². The molecule has 0 aliphatic carbocycles. The van der Waals surface area contributed by atoms with Crippen LogP contribution in [0.2, 0.25) is 0 Å². The van der Waals surface area contributed by atoms with Gasteiger partial charge in [0, 0.05) is 6.20 Å². The summed E-state index contributed by atoms with van der Waals surface area (Å²) in [5.41, 5.74) is 0.601. The minimum Gasteiger partial charge on any atom is -0.496 e. The molecule has 14 heavy (non-hydrogen) atoms. The van der Waals surface area contributed by atoms with Gasteiger partial charge in [0.05, 0.1) is 12.7 Å². The molecule has 1 aliphatic rings. The highest BCUT2D eigenvalue weighted by Crippen LogP contribution is 2.32. The topological polar surface area (TPSA) is 73.5 Å². The summed E-state index contributed by atoms with van der Waals surface area (Å²) < 4.78 is 5.05. The van der Waals surface area contributed by atoms with E-state index in [1.165, 1.54) is 19.4 Å². The largest absolute Gasteiger partial charge is 0.496 e. The van der Waals surface area contributed by atoms with Gasteiger partial charge in [-0.25, -0.2) is 15.1 Å². The Balaban J connectivity index is 2.47. The number of methoxy groups -OCH3 is 1. The molecule has 5 nitrogen and oxygen atoms in total. The number of fused-ring (bicyclic) bond motifs is 1. The number of carboxylic acid groups (broad SMARTS) is 1. The number of pyridine rings is 1. The Labute approximate surface area is 80.0 Å². The fraction of sp³-hybridized carbons (Fsp3) is 0.111. The van der Waals surface area contributed by atoms with E-state index in [1.807, 2.05) is 0 Å². The quantitative estimate of drug-likeness (QED) is 0.749. The summed E-state index contributed by atoms with van der Waals surface area (Å²) in [5.74, 6) is -0.0956. The maximum atomic E-state index is 10.6. The van der Waals surface area contributed by atoms with Gasteiger partial charge in [0.15, 0.2) is 11.5 Å². The van der Waals surface area contributed by atoms with Gasteiger partial charge >= 0.3 is 5.97 Å². The van der Waals surface area contributed by atoms with Crippen LogP contribution in [-0.4, -0.2) is 23.2 Å². The Kier molecular flexibility index (Phi) is 1.85. The first-order valence-corrected chi connectivity index (χ1v) is 3.92. The molecule has 0 fully saturated rings. The molecule has 0 saturated carbocycles. The predicted octanol–water partition coefficient (Wildman–Crippen LogP) is 0.765. The van der Waals surface area contributed by atoms with Crippen LogP contribution >= 0.6 is 0 Å². The van der Waals surface area contributed by atoms with Crippen LogP contribution in [0.5, 0.6) is 5.75 Å². The molecule has 0 saturated heterocycles. The predicted molar refractivity (Wildman–Crippen MR) is 48.2 cm³/mol. The van der Waals surface area contributed by atoms with Crippen LogP contribution in [0.15, 0.2) is 18.0 Å². The van der Waals surface area contributed by atoms with E-state index in [4.69, 9.17) is 9.84 Å². The fourth-order valence-corrected chi connectivity index (χ4v) is 1.24. The smallest absolute Gasteiger partial charge is 0.354 e. The van der Waals surface area contributed by atoms with Crippen LogP contribution in [0, 0.1) is 0 Å². The zero-order valence-corrected chi connectivity index (χ0v) is 7.39. The lowest BCUT2D eigenvalue weighted by Gasteiger charge is -2.02. The van der Waals surface area contributed by atoms with Crippen molar-refractivity contribution >= 4 is 17.9 Å². The first-order chi connectivity index (χ1) is 6.72. The SMILES string of the molecule is COc1ccnc2c1C=C(C(=O)O)[N]2. The van der Waals surface area contributed by atoms with Gasteiger partial charge in [0.1, 0.15) is 5.75 Å². The summed E-state index contributed by atoms with van der Waals surface area (Å²) >= 11 is 0. The first-order valence-electron chi connectivity index (χ1n) is 3.92. The van der Waals surface area contributed by atoms with Crippen molar-refractivity contribution in [3.63, 3.8) is 0 Å². The van der Waals surface area contributed by atoms with E-state index < -0.39 is 5.97 Å². The zero-order valence-electron chi connectivity index (χ0n) is 7.39. The van der Waals surface area contributed by atoms with E-state index in [2.05, 4.69) is 10.3 Å². The molecule has 0 spiro atoms. The molecule has 1 aromatic rings. The van der Waals surface area contributed by atoms with Crippen LogP contribution in [0.1, 0.15) is 5.56 Å². The molecule has 1 aromatic heterocycles. The van der Waals surface area contributed by atoms with Crippen molar-refractivity contribution in [1.29, 1.82) is 0 Å². The molecule has 5 heteroatoms. The normalized spacial score (nSPS) is 12.8. The molecule has 2 rings (SSSR count). The van der Waals surface area contributed by atoms with Crippen LogP contribution in [0.25, 0.3) is 6.08 Å². The van der Waals surface area contributed by atoms with Gasteiger partial charge in [-0.2, -0.15) is 0 Å². The van der Waals surface area contributed by atoms with Gasteiger partial charge in [-0.1, -0.05) is 0 Å². The number of aromatic nitrogens is 1. The number of hydrogen-bond donors (Lipinski definition) is 1. The Hall–Kier alpha value is -2.04. The Morgan fingerprint density at radius 2 is 2.36 bits per heavy atom. The molecule has 0 atom stereocenters. The standard InChI is InChI=1S/C9H7N2O3/c1-14-7-2-3-10-8-5(7)4-6(11-8)9(12)13/h2-4H,1H3,(H,12,13). The van der Waals surface area contributed by atoms with Crippen molar-refractivity contribution in [2.24, 2.45) is 0 Å². The summed E-state index contributed by atoms with van der Waals surface area (Å²) in [4.78, 5) is 14.6. The number of carboxylic acids is 1. The van der Waals surface area contributed by atoms with E-state index in [-0.39, 0.29) is 5.70 Å². The molecule has 0 amide bonds.